The Labute approximate surface area is 106 Å². The summed E-state index contributed by atoms with van der Waals surface area (Å²) in [5, 5.41) is 1.25. The van der Waals surface area contributed by atoms with Gasteiger partial charge in [-0.05, 0) is 37.7 Å². The molecule has 0 N–H and O–H groups in total. The number of hydrogen-bond acceptors (Lipinski definition) is 4. The van der Waals surface area contributed by atoms with E-state index < -0.39 is 0 Å². The van der Waals surface area contributed by atoms with Gasteiger partial charge in [-0.15, -0.1) is 11.8 Å². The maximum atomic E-state index is 11.6. The van der Waals surface area contributed by atoms with Gasteiger partial charge in [0.25, 0.3) is 0 Å². The average Bonchev–Trinajstić information content (AvgIpc) is 2.95. The first-order valence-corrected chi connectivity index (χ1v) is 7.19. The fourth-order valence-corrected chi connectivity index (χ4v) is 4.29. The number of aliphatic imine (C=N–C) groups is 1. The molecule has 0 amide bonds. The van der Waals surface area contributed by atoms with Crippen molar-refractivity contribution >= 4 is 23.9 Å². The molecule has 1 fully saturated rings. The number of methoxy groups -OCH3 is 1. The molecular weight excluding hydrogens is 234 g/mol. The summed E-state index contributed by atoms with van der Waals surface area (Å²) in [4.78, 5) is 16.2. The smallest absolute Gasteiger partial charge is 0.308 e. The quantitative estimate of drug-likeness (QED) is 0.673. The van der Waals surface area contributed by atoms with Gasteiger partial charge in [0, 0.05) is 17.4 Å². The molecule has 1 spiro atoms. The van der Waals surface area contributed by atoms with Crippen LogP contribution in [0.25, 0.3) is 0 Å². The molecule has 92 valence electrons. The Morgan fingerprint density at radius 1 is 1.65 bits per heavy atom. The van der Waals surface area contributed by atoms with Crippen molar-refractivity contribution in [3.8, 4) is 0 Å². The highest BCUT2D eigenvalue weighted by Crippen LogP contribution is 2.51. The molecule has 0 radical (unpaired) electrons. The molecule has 3 rings (SSSR count). The highest BCUT2D eigenvalue weighted by atomic mass is 32.2. The number of allylic oxidation sites excluding steroid dienone is 1. The van der Waals surface area contributed by atoms with Crippen LogP contribution < -0.4 is 0 Å². The van der Waals surface area contributed by atoms with Gasteiger partial charge in [0.2, 0.25) is 0 Å². The Hall–Kier alpha value is -0.770. The van der Waals surface area contributed by atoms with E-state index in [1.807, 2.05) is 11.8 Å². The largest absolute Gasteiger partial charge is 0.469 e. The van der Waals surface area contributed by atoms with Gasteiger partial charge in [-0.1, -0.05) is 0 Å². The average molecular weight is 251 g/mol. The van der Waals surface area contributed by atoms with Crippen molar-refractivity contribution < 1.29 is 9.53 Å². The van der Waals surface area contributed by atoms with Crippen molar-refractivity contribution in [3.05, 3.63) is 10.6 Å². The number of hydrogen-bond donors (Lipinski definition) is 0. The highest BCUT2D eigenvalue weighted by Gasteiger charge is 2.43. The van der Waals surface area contributed by atoms with Crippen molar-refractivity contribution in [1.29, 1.82) is 0 Å². The Morgan fingerprint density at radius 2 is 2.53 bits per heavy atom. The van der Waals surface area contributed by atoms with Crippen molar-refractivity contribution in [2.75, 3.05) is 12.9 Å². The highest BCUT2D eigenvalue weighted by molar-refractivity contribution is 8.03. The zero-order chi connectivity index (χ0) is 11.9. The molecular formula is C13H17NO2S. The molecule has 3 nitrogen and oxygen atoms in total. The third-order valence-electron chi connectivity index (χ3n) is 4.14. The normalized spacial score (nSPS) is 35.5. The van der Waals surface area contributed by atoms with Gasteiger partial charge in [0.1, 0.15) is 0 Å². The molecule has 1 saturated carbocycles. The number of esters is 1. The molecule has 2 unspecified atom stereocenters. The zero-order valence-electron chi connectivity index (χ0n) is 10.1. The lowest BCUT2D eigenvalue weighted by Crippen LogP contribution is -2.24. The van der Waals surface area contributed by atoms with Gasteiger partial charge in [-0.3, -0.25) is 9.79 Å². The molecule has 4 heteroatoms. The Kier molecular flexibility index (Phi) is 2.77. The van der Waals surface area contributed by atoms with Crippen LogP contribution >= 0.6 is 11.8 Å². The summed E-state index contributed by atoms with van der Waals surface area (Å²) in [5.74, 6) is 1.22. The summed E-state index contributed by atoms with van der Waals surface area (Å²) in [5.41, 5.74) is 1.67. The SMILES string of the molecule is COC(=O)C1CCC2(C=NC3=C(CCS3)C2)C1. The van der Waals surface area contributed by atoms with Gasteiger partial charge in [-0.2, -0.15) is 0 Å². The third kappa shape index (κ3) is 1.92. The lowest BCUT2D eigenvalue weighted by atomic mass is 9.78. The number of rotatable bonds is 1. The summed E-state index contributed by atoms with van der Waals surface area (Å²) in [6, 6.07) is 0. The molecule has 0 aromatic carbocycles. The lowest BCUT2D eigenvalue weighted by Gasteiger charge is -2.28. The minimum absolute atomic E-state index is 0.0455. The molecule has 0 saturated heterocycles. The van der Waals surface area contributed by atoms with E-state index in [4.69, 9.17) is 4.74 Å². The second-order valence-corrected chi connectivity index (χ2v) is 6.35. The number of carbonyl (C=O) groups excluding carboxylic acids is 1. The van der Waals surface area contributed by atoms with Gasteiger partial charge in [0.05, 0.1) is 18.1 Å². The molecule has 0 aromatic rings. The molecule has 0 bridgehead atoms. The molecule has 2 atom stereocenters. The van der Waals surface area contributed by atoms with Crippen LogP contribution in [0.3, 0.4) is 0 Å². The molecule has 3 aliphatic rings. The molecule has 0 aromatic heterocycles. The standard InChI is InChI=1S/C13H17NO2S/c1-16-12(15)10-2-4-13(7-10)6-9-3-5-17-11(9)14-8-13/h8,10H,2-7H2,1H3. The predicted octanol–water partition coefficient (Wildman–Crippen LogP) is 2.77. The van der Waals surface area contributed by atoms with E-state index in [9.17, 15) is 4.79 Å². The molecule has 17 heavy (non-hydrogen) atoms. The summed E-state index contributed by atoms with van der Waals surface area (Å²) in [6.45, 7) is 0. The Bertz CT molecular complexity index is 416. The van der Waals surface area contributed by atoms with Crippen LogP contribution in [0.4, 0.5) is 0 Å². The lowest BCUT2D eigenvalue weighted by molar-refractivity contribution is -0.145. The molecule has 2 aliphatic heterocycles. The number of nitrogens with zero attached hydrogens (tertiary/aromatic N) is 1. The van der Waals surface area contributed by atoms with Crippen molar-refractivity contribution in [2.24, 2.45) is 16.3 Å². The molecule has 2 heterocycles. The van der Waals surface area contributed by atoms with E-state index in [0.717, 1.165) is 25.7 Å². The third-order valence-corrected chi connectivity index (χ3v) is 5.22. The zero-order valence-corrected chi connectivity index (χ0v) is 10.9. The van der Waals surface area contributed by atoms with Gasteiger partial charge < -0.3 is 4.74 Å². The van der Waals surface area contributed by atoms with E-state index in [2.05, 4.69) is 11.2 Å². The van der Waals surface area contributed by atoms with E-state index in [1.54, 1.807) is 0 Å². The van der Waals surface area contributed by atoms with Crippen LogP contribution in [0.2, 0.25) is 0 Å². The van der Waals surface area contributed by atoms with Gasteiger partial charge in [-0.25, -0.2) is 0 Å². The minimum Gasteiger partial charge on any atom is -0.469 e. The monoisotopic (exact) mass is 251 g/mol. The summed E-state index contributed by atoms with van der Waals surface area (Å²) < 4.78 is 4.86. The van der Waals surface area contributed by atoms with Crippen molar-refractivity contribution in [2.45, 2.75) is 32.1 Å². The van der Waals surface area contributed by atoms with E-state index >= 15 is 0 Å². The summed E-state index contributed by atoms with van der Waals surface area (Å²) in [7, 11) is 1.48. The maximum Gasteiger partial charge on any atom is 0.308 e. The van der Waals surface area contributed by atoms with Crippen molar-refractivity contribution in [3.63, 3.8) is 0 Å². The summed E-state index contributed by atoms with van der Waals surface area (Å²) >= 11 is 1.87. The summed E-state index contributed by atoms with van der Waals surface area (Å²) in [6.07, 6.45) is 7.37. The van der Waals surface area contributed by atoms with E-state index in [0.29, 0.717) is 0 Å². The second-order valence-electron chi connectivity index (χ2n) is 5.27. The van der Waals surface area contributed by atoms with Crippen LogP contribution in [-0.4, -0.2) is 25.0 Å². The van der Waals surface area contributed by atoms with Crippen LogP contribution in [0.1, 0.15) is 32.1 Å². The van der Waals surface area contributed by atoms with E-state index in [-0.39, 0.29) is 17.3 Å². The number of ether oxygens (including phenoxy) is 1. The van der Waals surface area contributed by atoms with E-state index in [1.165, 1.54) is 29.9 Å². The van der Waals surface area contributed by atoms with Crippen LogP contribution in [0, 0.1) is 11.3 Å². The second kappa shape index (κ2) is 4.16. The first-order chi connectivity index (χ1) is 8.22. The van der Waals surface area contributed by atoms with Gasteiger partial charge in [0.15, 0.2) is 0 Å². The topological polar surface area (TPSA) is 38.7 Å². The van der Waals surface area contributed by atoms with Crippen molar-refractivity contribution in [1.82, 2.24) is 0 Å². The first-order valence-electron chi connectivity index (χ1n) is 6.20. The van der Waals surface area contributed by atoms with Crippen LogP contribution in [0.15, 0.2) is 15.6 Å². The first kappa shape index (κ1) is 11.3. The predicted molar refractivity (Wildman–Crippen MR) is 69.0 cm³/mol. The van der Waals surface area contributed by atoms with Crippen LogP contribution in [0.5, 0.6) is 0 Å². The fourth-order valence-electron chi connectivity index (χ4n) is 3.24. The maximum absolute atomic E-state index is 11.6. The minimum atomic E-state index is -0.0455. The molecule has 1 aliphatic carbocycles. The number of carbonyl (C=O) groups is 1. The Balaban J connectivity index is 1.74. The number of thioether (sulfide) groups is 1. The fraction of sp³-hybridized carbons (Fsp3) is 0.692. The van der Waals surface area contributed by atoms with Gasteiger partial charge >= 0.3 is 5.97 Å². The van der Waals surface area contributed by atoms with Crippen LogP contribution in [-0.2, 0) is 9.53 Å². The Morgan fingerprint density at radius 3 is 3.35 bits per heavy atom.